The van der Waals surface area contributed by atoms with Gasteiger partial charge in [0.2, 0.25) is 0 Å². The number of alkyl halides is 3. The fourth-order valence-corrected chi connectivity index (χ4v) is 10.7. The fourth-order valence-electron chi connectivity index (χ4n) is 6.94. The monoisotopic (exact) mass is 627 g/mol. The van der Waals surface area contributed by atoms with E-state index in [1.807, 2.05) is 12.1 Å². The Labute approximate surface area is 258 Å². The Morgan fingerprint density at radius 3 is 2.02 bits per heavy atom. The van der Waals surface area contributed by atoms with Gasteiger partial charge < -0.3 is 8.92 Å². The number of nitrogens with zero attached hydrogens (tertiary/aromatic N) is 1. The molecule has 42 heavy (non-hydrogen) atoms. The maximum atomic E-state index is 13.1. The summed E-state index contributed by atoms with van der Waals surface area (Å²) in [7, 11) is -1.16. The van der Waals surface area contributed by atoms with E-state index in [1.165, 1.54) is 37.0 Å². The average molecular weight is 628 g/mol. The van der Waals surface area contributed by atoms with Crippen molar-refractivity contribution in [3.05, 3.63) is 64.7 Å². The maximum absolute atomic E-state index is 13.1. The minimum Gasteiger partial charge on any atom is -0.493 e. The fraction of sp³-hybridized carbons (Fsp3) is 0.647. The first-order valence-electron chi connectivity index (χ1n) is 15.8. The minimum atomic E-state index is -4.35. The molecule has 2 aromatic carbocycles. The lowest BCUT2D eigenvalue weighted by Crippen LogP contribution is -2.55. The van der Waals surface area contributed by atoms with Crippen LogP contribution in [-0.4, -0.2) is 54.5 Å². The molecule has 0 unspecified atom stereocenters. The van der Waals surface area contributed by atoms with Gasteiger partial charge in [-0.25, -0.2) is 0 Å². The van der Waals surface area contributed by atoms with Crippen LogP contribution in [0.5, 0.6) is 5.75 Å². The summed E-state index contributed by atoms with van der Waals surface area (Å²) in [6.45, 7) is 9.95. The van der Waals surface area contributed by atoms with Crippen molar-refractivity contribution < 1.29 is 22.1 Å². The smallest absolute Gasteiger partial charge is 0.416 e. The van der Waals surface area contributed by atoms with Crippen molar-refractivity contribution in [3.8, 4) is 5.75 Å². The number of piperidine rings is 1. The maximum Gasteiger partial charge on any atom is 0.416 e. The van der Waals surface area contributed by atoms with Crippen LogP contribution in [0, 0.1) is 5.92 Å². The molecular weight excluding hydrogens is 579 g/mol. The van der Waals surface area contributed by atoms with Gasteiger partial charge >= 0.3 is 6.18 Å². The van der Waals surface area contributed by atoms with Crippen molar-refractivity contribution in [2.75, 3.05) is 43.6 Å². The Hall–Kier alpha value is -1.41. The molecule has 1 saturated heterocycles. The zero-order valence-electron chi connectivity index (χ0n) is 25.6. The van der Waals surface area contributed by atoms with Crippen LogP contribution in [0.1, 0.15) is 83.3 Å². The highest BCUT2D eigenvalue weighted by Crippen LogP contribution is 2.52. The van der Waals surface area contributed by atoms with E-state index < -0.39 is 22.0 Å². The van der Waals surface area contributed by atoms with Crippen molar-refractivity contribution in [2.24, 2.45) is 5.92 Å². The third kappa shape index (κ3) is 8.40. The lowest BCUT2D eigenvalue weighted by molar-refractivity contribution is -0.137. The number of likely N-dealkylation sites (tertiary alicyclic amines) is 1. The van der Waals surface area contributed by atoms with Gasteiger partial charge in [-0.15, -0.1) is 10.3 Å². The highest BCUT2D eigenvalue weighted by Gasteiger charge is 2.44. The van der Waals surface area contributed by atoms with E-state index in [1.54, 1.807) is 0 Å². The molecule has 236 valence electrons. The van der Waals surface area contributed by atoms with Crippen LogP contribution >= 0.6 is 21.9 Å². The van der Waals surface area contributed by atoms with E-state index in [2.05, 4.69) is 37.8 Å². The zero-order valence-corrected chi connectivity index (χ0v) is 27.1. The van der Waals surface area contributed by atoms with E-state index in [0.717, 1.165) is 79.6 Å². The minimum absolute atomic E-state index is 0.124. The van der Waals surface area contributed by atoms with Crippen LogP contribution < -0.4 is 4.74 Å². The van der Waals surface area contributed by atoms with Gasteiger partial charge in [-0.1, -0.05) is 50.9 Å². The number of hydrogen-bond acceptors (Lipinski definition) is 3. The Balaban J connectivity index is 1.55. The SMILES string of the molecule is CCCS(CCC)(CCC)OC[C@@H]1[C@H](COc2ccc(C(F)(F)F)cc2)CCCN1CC1(c2ccc(Cl)cc2)CCC1. The van der Waals surface area contributed by atoms with E-state index in [9.17, 15) is 13.2 Å². The summed E-state index contributed by atoms with van der Waals surface area (Å²) in [5.41, 5.74) is 0.836. The van der Waals surface area contributed by atoms with Gasteiger partial charge in [0.1, 0.15) is 5.75 Å². The van der Waals surface area contributed by atoms with Crippen molar-refractivity contribution in [1.29, 1.82) is 0 Å². The largest absolute Gasteiger partial charge is 0.493 e. The molecule has 8 heteroatoms. The Morgan fingerprint density at radius 2 is 1.50 bits per heavy atom. The summed E-state index contributed by atoms with van der Waals surface area (Å²) in [4.78, 5) is 2.66. The molecule has 2 atom stereocenters. The Bertz CT molecular complexity index is 1070. The molecule has 3 nitrogen and oxygen atoms in total. The molecule has 1 aliphatic carbocycles. The number of benzene rings is 2. The van der Waals surface area contributed by atoms with Gasteiger partial charge in [0.05, 0.1) is 18.8 Å². The third-order valence-electron chi connectivity index (χ3n) is 9.17. The highest BCUT2D eigenvalue weighted by atomic mass is 35.5. The summed E-state index contributed by atoms with van der Waals surface area (Å²) >= 11 is 6.24. The Morgan fingerprint density at radius 1 is 0.881 bits per heavy atom. The van der Waals surface area contributed by atoms with Crippen molar-refractivity contribution in [3.63, 3.8) is 0 Å². The first kappa shape index (κ1) is 33.5. The predicted octanol–water partition coefficient (Wildman–Crippen LogP) is 9.91. The summed E-state index contributed by atoms with van der Waals surface area (Å²) in [5, 5.41) is 0.764. The number of hydrogen-bond donors (Lipinski definition) is 0. The van der Waals surface area contributed by atoms with Gasteiger partial charge in [-0.3, -0.25) is 4.90 Å². The van der Waals surface area contributed by atoms with Crippen LogP contribution in [0.25, 0.3) is 0 Å². The van der Waals surface area contributed by atoms with Crippen molar-refractivity contribution in [1.82, 2.24) is 4.90 Å². The van der Waals surface area contributed by atoms with Crippen LogP contribution in [0.4, 0.5) is 13.2 Å². The van der Waals surface area contributed by atoms with Crippen LogP contribution in [0.15, 0.2) is 48.5 Å². The van der Waals surface area contributed by atoms with Crippen LogP contribution in [-0.2, 0) is 15.8 Å². The topological polar surface area (TPSA) is 21.7 Å². The Kier molecular flexibility index (Phi) is 12.0. The standard InChI is InChI=1S/C34H49ClF3NO2S/c1-4-21-42(22-5-2,23-6-3)41-25-32-27(24-40-31-16-12-29(13-17-31)34(36,37)38)9-7-20-39(32)26-33(18-8-19-33)28-10-14-30(35)15-11-28/h10-17,27,32H,4-9,18-26H2,1-3H3/t27-,32+/m0/s1. The molecule has 0 radical (unpaired) electrons. The van der Waals surface area contributed by atoms with Gasteiger partial charge in [0.15, 0.2) is 0 Å². The van der Waals surface area contributed by atoms with Crippen molar-refractivity contribution >= 4 is 21.9 Å². The summed E-state index contributed by atoms with van der Waals surface area (Å²) in [6, 6.07) is 13.7. The molecular formula is C34H49ClF3NO2S. The highest BCUT2D eigenvalue weighted by molar-refractivity contribution is 8.29. The molecule has 1 saturated carbocycles. The summed E-state index contributed by atoms with van der Waals surface area (Å²) in [6.07, 6.45) is 4.70. The zero-order chi connectivity index (χ0) is 30.2. The van der Waals surface area contributed by atoms with E-state index in [-0.39, 0.29) is 17.4 Å². The van der Waals surface area contributed by atoms with Gasteiger partial charge in [-0.2, -0.15) is 13.2 Å². The second-order valence-electron chi connectivity index (χ2n) is 12.3. The second kappa shape index (κ2) is 15.0. The molecule has 0 spiro atoms. The molecule has 2 fully saturated rings. The first-order chi connectivity index (χ1) is 20.1. The molecule has 2 aromatic rings. The number of ether oxygens (including phenoxy) is 1. The molecule has 0 amide bonds. The lowest BCUT2D eigenvalue weighted by Gasteiger charge is -2.51. The number of rotatable bonds is 15. The molecule has 4 rings (SSSR count). The summed E-state index contributed by atoms with van der Waals surface area (Å²) in [5.74, 6) is 4.15. The van der Waals surface area contributed by atoms with Crippen molar-refractivity contribution in [2.45, 2.75) is 89.8 Å². The normalized spacial score (nSPS) is 21.6. The quantitative estimate of drug-likeness (QED) is 0.196. The first-order valence-corrected chi connectivity index (χ1v) is 18.3. The third-order valence-corrected chi connectivity index (χ3v) is 13.5. The average Bonchev–Trinajstić information content (AvgIpc) is 2.94. The van der Waals surface area contributed by atoms with Gasteiger partial charge in [-0.05, 0) is 111 Å². The molecule has 2 aliphatic rings. The molecule has 0 aromatic heterocycles. The van der Waals surface area contributed by atoms with Gasteiger partial charge in [0, 0.05) is 28.9 Å². The second-order valence-corrected chi connectivity index (χ2v) is 16.1. The molecule has 1 aliphatic heterocycles. The molecule has 1 heterocycles. The number of halogens is 4. The summed E-state index contributed by atoms with van der Waals surface area (Å²) < 4.78 is 52.5. The van der Waals surface area contributed by atoms with Gasteiger partial charge in [0.25, 0.3) is 0 Å². The molecule has 0 N–H and O–H groups in total. The van der Waals surface area contributed by atoms with E-state index >= 15 is 0 Å². The van der Waals surface area contributed by atoms with Crippen LogP contribution in [0.3, 0.4) is 0 Å². The van der Waals surface area contributed by atoms with Crippen LogP contribution in [0.2, 0.25) is 5.02 Å². The van der Waals surface area contributed by atoms with E-state index in [0.29, 0.717) is 19.0 Å². The predicted molar refractivity (Wildman–Crippen MR) is 171 cm³/mol. The lowest BCUT2D eigenvalue weighted by atomic mass is 9.63. The molecule has 0 bridgehead atoms. The van der Waals surface area contributed by atoms with E-state index in [4.69, 9.17) is 20.5 Å².